The summed E-state index contributed by atoms with van der Waals surface area (Å²) >= 11 is 0. The van der Waals surface area contributed by atoms with Crippen LogP contribution in [-0.2, 0) is 20.5 Å². The summed E-state index contributed by atoms with van der Waals surface area (Å²) < 4.78 is 23.7. The first-order chi connectivity index (χ1) is 17.8. The standard InChI is InChI=1S/C31H40O5Si/c1-31(2,3)37(26-11-7-5-8-12-26,27-13-9-6-10-14-27)35-22-19-28(32)30-29(36-30)20-21-34-23-24-15-17-25(33-4)18-16-24/h5-18,28-30,32H,19-23H2,1-4H3/t28-,29-,30-/m0/s1. The lowest BCUT2D eigenvalue weighted by Crippen LogP contribution is -2.66. The van der Waals surface area contributed by atoms with Gasteiger partial charge in [0.1, 0.15) is 11.9 Å². The molecule has 0 aliphatic carbocycles. The van der Waals surface area contributed by atoms with Gasteiger partial charge in [-0.1, -0.05) is 93.6 Å². The van der Waals surface area contributed by atoms with Crippen LogP contribution in [0.5, 0.6) is 5.75 Å². The molecule has 3 aromatic carbocycles. The molecule has 4 rings (SSSR count). The van der Waals surface area contributed by atoms with Crippen molar-refractivity contribution in [3.63, 3.8) is 0 Å². The Morgan fingerprint density at radius 1 is 0.865 bits per heavy atom. The molecule has 37 heavy (non-hydrogen) atoms. The maximum absolute atomic E-state index is 10.8. The SMILES string of the molecule is COc1ccc(COCC[C@@H]2O[C@H]2[C@@H](O)CCO[Si](c2ccccc2)(c2ccccc2)C(C)(C)C)cc1. The van der Waals surface area contributed by atoms with Crippen LogP contribution in [0.15, 0.2) is 84.9 Å². The zero-order valence-corrected chi connectivity index (χ0v) is 23.4. The summed E-state index contributed by atoms with van der Waals surface area (Å²) in [4.78, 5) is 0. The number of aliphatic hydroxyl groups is 1. The molecular weight excluding hydrogens is 480 g/mol. The van der Waals surface area contributed by atoms with Gasteiger partial charge < -0.3 is 23.7 Å². The molecule has 0 saturated carbocycles. The molecule has 1 N–H and O–H groups in total. The molecule has 0 bridgehead atoms. The first kappa shape index (κ1) is 27.5. The van der Waals surface area contributed by atoms with E-state index in [2.05, 4.69) is 69.3 Å². The van der Waals surface area contributed by atoms with Crippen molar-refractivity contribution in [2.75, 3.05) is 20.3 Å². The molecule has 0 spiro atoms. The number of rotatable bonds is 13. The fraction of sp³-hybridized carbons (Fsp3) is 0.419. The maximum atomic E-state index is 10.8. The minimum atomic E-state index is -2.59. The normalized spacial score (nSPS) is 18.4. The fourth-order valence-electron chi connectivity index (χ4n) is 5.10. The third-order valence-electron chi connectivity index (χ3n) is 7.12. The Kier molecular flexibility index (Phi) is 9.21. The Morgan fingerprint density at radius 3 is 2.00 bits per heavy atom. The van der Waals surface area contributed by atoms with Gasteiger partial charge in [0.25, 0.3) is 8.32 Å². The van der Waals surface area contributed by atoms with Crippen LogP contribution in [-0.4, -0.2) is 52.1 Å². The molecule has 1 saturated heterocycles. The Hall–Kier alpha value is -2.48. The summed E-state index contributed by atoms with van der Waals surface area (Å²) in [5.74, 6) is 0.839. The van der Waals surface area contributed by atoms with Crippen molar-refractivity contribution in [2.45, 2.75) is 63.6 Å². The van der Waals surface area contributed by atoms with Crippen LogP contribution in [0.2, 0.25) is 5.04 Å². The predicted octanol–water partition coefficient (Wildman–Crippen LogP) is 4.70. The van der Waals surface area contributed by atoms with E-state index >= 15 is 0 Å². The van der Waals surface area contributed by atoms with Crippen LogP contribution in [0.4, 0.5) is 0 Å². The molecule has 1 fully saturated rings. The zero-order chi connectivity index (χ0) is 26.3. The topological polar surface area (TPSA) is 60.5 Å². The summed E-state index contributed by atoms with van der Waals surface area (Å²) in [5, 5.41) is 13.3. The first-order valence-corrected chi connectivity index (χ1v) is 15.0. The molecular formula is C31H40O5Si. The van der Waals surface area contributed by atoms with Gasteiger partial charge in [-0.15, -0.1) is 0 Å². The van der Waals surface area contributed by atoms with E-state index in [9.17, 15) is 5.11 Å². The van der Waals surface area contributed by atoms with Crippen molar-refractivity contribution in [3.8, 4) is 5.75 Å². The average molecular weight is 521 g/mol. The minimum Gasteiger partial charge on any atom is -0.497 e. The summed E-state index contributed by atoms with van der Waals surface area (Å²) in [6, 6.07) is 29.1. The Balaban J connectivity index is 1.29. The molecule has 1 aliphatic heterocycles. The summed E-state index contributed by atoms with van der Waals surface area (Å²) in [6.07, 6.45) is 0.655. The van der Waals surface area contributed by atoms with Crippen molar-refractivity contribution in [1.29, 1.82) is 0 Å². The van der Waals surface area contributed by atoms with E-state index in [4.69, 9.17) is 18.6 Å². The Labute approximate surface area is 222 Å². The van der Waals surface area contributed by atoms with Crippen LogP contribution in [0.25, 0.3) is 0 Å². The molecule has 1 heterocycles. The highest BCUT2D eigenvalue weighted by molar-refractivity contribution is 6.99. The number of aliphatic hydroxyl groups excluding tert-OH is 1. The Morgan fingerprint density at radius 2 is 1.46 bits per heavy atom. The van der Waals surface area contributed by atoms with E-state index in [-0.39, 0.29) is 17.2 Å². The highest BCUT2D eigenvalue weighted by Crippen LogP contribution is 2.37. The lowest BCUT2D eigenvalue weighted by atomic mass is 10.1. The highest BCUT2D eigenvalue weighted by Gasteiger charge is 2.50. The number of ether oxygens (including phenoxy) is 3. The molecule has 0 unspecified atom stereocenters. The smallest absolute Gasteiger partial charge is 0.261 e. The van der Waals surface area contributed by atoms with Gasteiger partial charge in [-0.3, -0.25) is 0 Å². The van der Waals surface area contributed by atoms with E-state index < -0.39 is 14.4 Å². The molecule has 0 radical (unpaired) electrons. The molecule has 5 nitrogen and oxygen atoms in total. The van der Waals surface area contributed by atoms with Crippen LogP contribution in [0.3, 0.4) is 0 Å². The summed E-state index contributed by atoms with van der Waals surface area (Å²) in [6.45, 7) is 8.43. The number of methoxy groups -OCH3 is 1. The molecule has 198 valence electrons. The van der Waals surface area contributed by atoms with Gasteiger partial charge in [-0.2, -0.15) is 0 Å². The minimum absolute atomic E-state index is 0.0405. The van der Waals surface area contributed by atoms with E-state index in [1.54, 1.807) is 7.11 Å². The van der Waals surface area contributed by atoms with Crippen molar-refractivity contribution >= 4 is 18.7 Å². The third-order valence-corrected chi connectivity index (χ3v) is 12.2. The van der Waals surface area contributed by atoms with Gasteiger partial charge >= 0.3 is 0 Å². The van der Waals surface area contributed by atoms with Gasteiger partial charge in [-0.25, -0.2) is 0 Å². The van der Waals surface area contributed by atoms with Crippen molar-refractivity contribution in [2.24, 2.45) is 0 Å². The molecule has 0 aromatic heterocycles. The van der Waals surface area contributed by atoms with E-state index in [0.717, 1.165) is 17.7 Å². The quantitative estimate of drug-likeness (QED) is 0.201. The molecule has 1 aliphatic rings. The van der Waals surface area contributed by atoms with E-state index in [1.807, 2.05) is 36.4 Å². The fourth-order valence-corrected chi connectivity index (χ4v) is 9.68. The number of hydrogen-bond donors (Lipinski definition) is 1. The molecule has 3 aromatic rings. The molecule has 6 heteroatoms. The van der Waals surface area contributed by atoms with Crippen molar-refractivity contribution in [3.05, 3.63) is 90.5 Å². The second-order valence-electron chi connectivity index (χ2n) is 10.7. The molecule has 3 atom stereocenters. The maximum Gasteiger partial charge on any atom is 0.261 e. The van der Waals surface area contributed by atoms with Gasteiger partial charge in [0.05, 0.1) is 25.9 Å². The number of epoxide rings is 1. The second kappa shape index (κ2) is 12.4. The first-order valence-electron chi connectivity index (χ1n) is 13.1. The lowest BCUT2D eigenvalue weighted by Gasteiger charge is -2.43. The van der Waals surface area contributed by atoms with E-state index in [0.29, 0.717) is 26.2 Å². The average Bonchev–Trinajstić information content (AvgIpc) is 3.69. The van der Waals surface area contributed by atoms with Gasteiger partial charge in [0.2, 0.25) is 0 Å². The van der Waals surface area contributed by atoms with Crippen LogP contribution < -0.4 is 15.1 Å². The largest absolute Gasteiger partial charge is 0.497 e. The third kappa shape index (κ3) is 6.70. The summed E-state index contributed by atoms with van der Waals surface area (Å²) in [7, 11) is -0.931. The Bertz CT molecular complexity index is 1040. The lowest BCUT2D eigenvalue weighted by molar-refractivity contribution is 0.106. The number of benzene rings is 3. The van der Waals surface area contributed by atoms with Crippen molar-refractivity contribution in [1.82, 2.24) is 0 Å². The van der Waals surface area contributed by atoms with E-state index in [1.165, 1.54) is 10.4 Å². The monoisotopic (exact) mass is 520 g/mol. The van der Waals surface area contributed by atoms with Crippen LogP contribution in [0.1, 0.15) is 39.2 Å². The van der Waals surface area contributed by atoms with Crippen molar-refractivity contribution < 1.29 is 23.7 Å². The molecule has 0 amide bonds. The van der Waals surface area contributed by atoms with Crippen LogP contribution in [0, 0.1) is 0 Å². The van der Waals surface area contributed by atoms with Gasteiger partial charge in [0, 0.05) is 13.2 Å². The zero-order valence-electron chi connectivity index (χ0n) is 22.4. The predicted molar refractivity (Wildman–Crippen MR) is 150 cm³/mol. The highest BCUT2D eigenvalue weighted by atomic mass is 28.4. The summed E-state index contributed by atoms with van der Waals surface area (Å²) in [5.41, 5.74) is 1.11. The number of hydrogen-bond acceptors (Lipinski definition) is 5. The van der Waals surface area contributed by atoms with Crippen LogP contribution >= 0.6 is 0 Å². The van der Waals surface area contributed by atoms with Gasteiger partial charge in [-0.05, 0) is 45.9 Å². The second-order valence-corrected chi connectivity index (χ2v) is 15.0. The van der Waals surface area contributed by atoms with Gasteiger partial charge in [0.15, 0.2) is 0 Å².